The fraction of sp³-hybridized carbons (Fsp3) is 0.500. The van der Waals surface area contributed by atoms with Gasteiger partial charge in [0.05, 0.1) is 0 Å². The second-order valence-electron chi connectivity index (χ2n) is 4.10. The molecular weight excluding hydrogens is 213 g/mol. The van der Waals surface area contributed by atoms with Crippen LogP contribution in [0.2, 0.25) is 5.02 Å². The lowest BCUT2D eigenvalue weighted by Crippen LogP contribution is -2.16. The fourth-order valence-electron chi connectivity index (χ4n) is 1.28. The van der Waals surface area contributed by atoms with Crippen molar-refractivity contribution < 1.29 is 4.39 Å². The molecule has 0 atom stereocenters. The Bertz CT molecular complexity index is 312. The smallest absolute Gasteiger partial charge is 0.124 e. The first-order valence-corrected chi connectivity index (χ1v) is 5.62. The molecule has 0 amide bonds. The zero-order valence-electron chi connectivity index (χ0n) is 9.19. The Labute approximate surface area is 95.6 Å². The van der Waals surface area contributed by atoms with Crippen LogP contribution in [0, 0.1) is 11.7 Å². The second-order valence-corrected chi connectivity index (χ2v) is 4.50. The van der Waals surface area contributed by atoms with E-state index >= 15 is 0 Å². The molecule has 1 aromatic rings. The lowest BCUT2D eigenvalue weighted by atomic mass is 10.1. The van der Waals surface area contributed by atoms with Crippen LogP contribution in [0.5, 0.6) is 0 Å². The molecule has 3 heteroatoms. The Morgan fingerprint density at radius 2 is 2.13 bits per heavy atom. The number of hydrogen-bond donors (Lipinski definition) is 1. The molecule has 0 aliphatic heterocycles. The molecule has 0 aromatic heterocycles. The first kappa shape index (κ1) is 12.5. The van der Waals surface area contributed by atoms with Crippen molar-refractivity contribution in [3.63, 3.8) is 0 Å². The Kier molecular flexibility index (Phi) is 5.06. The van der Waals surface area contributed by atoms with Crippen molar-refractivity contribution in [2.24, 2.45) is 5.92 Å². The average molecular weight is 230 g/mol. The van der Waals surface area contributed by atoms with Gasteiger partial charge in [-0.25, -0.2) is 4.39 Å². The molecule has 0 bridgehead atoms. The van der Waals surface area contributed by atoms with E-state index in [4.69, 9.17) is 11.6 Å². The van der Waals surface area contributed by atoms with E-state index in [0.29, 0.717) is 17.5 Å². The minimum Gasteiger partial charge on any atom is -0.313 e. The van der Waals surface area contributed by atoms with Gasteiger partial charge < -0.3 is 5.32 Å². The minimum absolute atomic E-state index is 0.286. The van der Waals surface area contributed by atoms with Gasteiger partial charge in [0.25, 0.3) is 0 Å². The monoisotopic (exact) mass is 229 g/mol. The zero-order chi connectivity index (χ0) is 11.3. The van der Waals surface area contributed by atoms with E-state index in [1.807, 2.05) is 0 Å². The van der Waals surface area contributed by atoms with Crippen LogP contribution < -0.4 is 5.32 Å². The van der Waals surface area contributed by atoms with Gasteiger partial charge in [0.1, 0.15) is 5.82 Å². The standard InChI is InChI=1S/C12H17ClFN/c1-9(2)5-6-15-8-10-3-4-11(14)7-12(10)13/h3-4,7,9,15H,5-6,8H2,1-2H3. The normalized spacial score (nSPS) is 11.0. The van der Waals surface area contributed by atoms with Crippen LogP contribution in [0.15, 0.2) is 18.2 Å². The van der Waals surface area contributed by atoms with Gasteiger partial charge in [0.15, 0.2) is 0 Å². The Morgan fingerprint density at radius 1 is 1.40 bits per heavy atom. The summed E-state index contributed by atoms with van der Waals surface area (Å²) < 4.78 is 12.7. The van der Waals surface area contributed by atoms with Gasteiger partial charge in [-0.2, -0.15) is 0 Å². The van der Waals surface area contributed by atoms with Crippen molar-refractivity contribution in [1.29, 1.82) is 0 Å². The van der Waals surface area contributed by atoms with Crippen LogP contribution in [-0.4, -0.2) is 6.54 Å². The highest BCUT2D eigenvalue weighted by Crippen LogP contribution is 2.16. The highest BCUT2D eigenvalue weighted by molar-refractivity contribution is 6.31. The molecule has 1 N–H and O–H groups in total. The molecule has 0 saturated carbocycles. The minimum atomic E-state index is -0.286. The van der Waals surface area contributed by atoms with Gasteiger partial charge in [-0.1, -0.05) is 31.5 Å². The number of benzene rings is 1. The van der Waals surface area contributed by atoms with E-state index in [1.165, 1.54) is 12.1 Å². The molecule has 15 heavy (non-hydrogen) atoms. The second kappa shape index (κ2) is 6.09. The summed E-state index contributed by atoms with van der Waals surface area (Å²) in [5, 5.41) is 3.78. The van der Waals surface area contributed by atoms with Crippen molar-refractivity contribution >= 4 is 11.6 Å². The van der Waals surface area contributed by atoms with Gasteiger partial charge in [-0.3, -0.25) is 0 Å². The van der Waals surface area contributed by atoms with Crippen molar-refractivity contribution in [3.05, 3.63) is 34.6 Å². The largest absolute Gasteiger partial charge is 0.313 e. The van der Waals surface area contributed by atoms with Gasteiger partial charge in [-0.15, -0.1) is 0 Å². The molecule has 0 radical (unpaired) electrons. The fourth-order valence-corrected chi connectivity index (χ4v) is 1.51. The maximum absolute atomic E-state index is 12.7. The molecule has 0 spiro atoms. The summed E-state index contributed by atoms with van der Waals surface area (Å²) in [7, 11) is 0. The SMILES string of the molecule is CC(C)CCNCc1ccc(F)cc1Cl. The summed E-state index contributed by atoms with van der Waals surface area (Å²) in [6.07, 6.45) is 1.14. The van der Waals surface area contributed by atoms with Crippen LogP contribution in [0.4, 0.5) is 4.39 Å². The van der Waals surface area contributed by atoms with Crippen molar-refractivity contribution in [2.45, 2.75) is 26.8 Å². The van der Waals surface area contributed by atoms with Crippen molar-refractivity contribution in [2.75, 3.05) is 6.54 Å². The maximum Gasteiger partial charge on any atom is 0.124 e. The lowest BCUT2D eigenvalue weighted by Gasteiger charge is -2.08. The zero-order valence-corrected chi connectivity index (χ0v) is 9.94. The Morgan fingerprint density at radius 3 is 2.73 bits per heavy atom. The average Bonchev–Trinajstić information content (AvgIpc) is 2.14. The molecule has 84 valence electrons. The molecule has 0 heterocycles. The van der Waals surface area contributed by atoms with Gasteiger partial charge in [-0.05, 0) is 36.6 Å². The Balaban J connectivity index is 2.37. The van der Waals surface area contributed by atoms with Crippen LogP contribution in [-0.2, 0) is 6.54 Å². The van der Waals surface area contributed by atoms with Crippen molar-refractivity contribution in [1.82, 2.24) is 5.32 Å². The van der Waals surface area contributed by atoms with Gasteiger partial charge in [0, 0.05) is 11.6 Å². The summed E-state index contributed by atoms with van der Waals surface area (Å²) in [6, 6.07) is 4.51. The molecule has 0 saturated heterocycles. The third kappa shape index (κ3) is 4.63. The topological polar surface area (TPSA) is 12.0 Å². The lowest BCUT2D eigenvalue weighted by molar-refractivity contribution is 0.537. The summed E-state index contributed by atoms with van der Waals surface area (Å²) >= 11 is 5.89. The van der Waals surface area contributed by atoms with E-state index < -0.39 is 0 Å². The van der Waals surface area contributed by atoms with E-state index in [2.05, 4.69) is 19.2 Å². The van der Waals surface area contributed by atoms with Crippen LogP contribution >= 0.6 is 11.6 Å². The molecule has 1 aromatic carbocycles. The predicted molar refractivity (Wildman–Crippen MR) is 62.6 cm³/mol. The van der Waals surface area contributed by atoms with Crippen molar-refractivity contribution in [3.8, 4) is 0 Å². The quantitative estimate of drug-likeness (QED) is 0.761. The van der Waals surface area contributed by atoms with E-state index in [1.54, 1.807) is 6.07 Å². The van der Waals surface area contributed by atoms with E-state index in [0.717, 1.165) is 18.5 Å². The summed E-state index contributed by atoms with van der Waals surface area (Å²) in [5.41, 5.74) is 0.946. The van der Waals surface area contributed by atoms with E-state index in [-0.39, 0.29) is 5.82 Å². The molecule has 1 rings (SSSR count). The third-order valence-electron chi connectivity index (χ3n) is 2.23. The molecule has 0 aliphatic carbocycles. The number of hydrogen-bond acceptors (Lipinski definition) is 1. The predicted octanol–water partition coefficient (Wildman–Crippen LogP) is 3.61. The number of rotatable bonds is 5. The molecule has 0 fully saturated rings. The van der Waals surface area contributed by atoms with Crippen LogP contribution in [0.1, 0.15) is 25.8 Å². The third-order valence-corrected chi connectivity index (χ3v) is 2.58. The highest BCUT2D eigenvalue weighted by Gasteiger charge is 2.01. The van der Waals surface area contributed by atoms with Gasteiger partial charge >= 0.3 is 0 Å². The Hall–Kier alpha value is -0.600. The molecule has 0 aliphatic rings. The summed E-state index contributed by atoms with van der Waals surface area (Å²) in [5.74, 6) is 0.409. The highest BCUT2D eigenvalue weighted by atomic mass is 35.5. The first-order valence-electron chi connectivity index (χ1n) is 5.24. The number of halogens is 2. The maximum atomic E-state index is 12.7. The van der Waals surface area contributed by atoms with Crippen LogP contribution in [0.3, 0.4) is 0 Å². The van der Waals surface area contributed by atoms with E-state index in [9.17, 15) is 4.39 Å². The summed E-state index contributed by atoms with van der Waals surface area (Å²) in [6.45, 7) is 6.04. The van der Waals surface area contributed by atoms with Gasteiger partial charge in [0.2, 0.25) is 0 Å². The summed E-state index contributed by atoms with van der Waals surface area (Å²) in [4.78, 5) is 0. The molecular formula is C12H17ClFN. The molecule has 1 nitrogen and oxygen atoms in total. The molecule has 0 unspecified atom stereocenters. The number of nitrogens with one attached hydrogen (secondary N) is 1. The first-order chi connectivity index (χ1) is 7.09. The van der Waals surface area contributed by atoms with Crippen LogP contribution in [0.25, 0.3) is 0 Å².